The van der Waals surface area contributed by atoms with Crippen LogP contribution in [0, 0.1) is 5.82 Å². The van der Waals surface area contributed by atoms with E-state index < -0.39 is 11.4 Å². The van der Waals surface area contributed by atoms with E-state index >= 15 is 0 Å². The third-order valence-corrected chi connectivity index (χ3v) is 9.87. The second-order valence-corrected chi connectivity index (χ2v) is 13.1. The number of likely N-dealkylation sites (tertiary alicyclic amines) is 1. The van der Waals surface area contributed by atoms with Crippen molar-refractivity contribution < 1.29 is 18.7 Å². The van der Waals surface area contributed by atoms with Gasteiger partial charge in [0, 0.05) is 45.7 Å². The molecule has 1 saturated heterocycles. The van der Waals surface area contributed by atoms with Gasteiger partial charge < -0.3 is 21.1 Å². The summed E-state index contributed by atoms with van der Waals surface area (Å²) < 4.78 is 19.7. The summed E-state index contributed by atoms with van der Waals surface area (Å²) in [5.74, 6) is -0.631. The fourth-order valence-corrected chi connectivity index (χ4v) is 7.27. The number of hydrogen-bond donors (Lipinski definition) is 3. The van der Waals surface area contributed by atoms with Crippen LogP contribution in [0.5, 0.6) is 5.75 Å². The summed E-state index contributed by atoms with van der Waals surface area (Å²) in [6.07, 6.45) is 1.21. The van der Waals surface area contributed by atoms with Crippen molar-refractivity contribution in [2.45, 2.75) is 31.3 Å². The van der Waals surface area contributed by atoms with Gasteiger partial charge in [0.15, 0.2) is 5.75 Å². The SMILES string of the molecule is NCCCOc1c(C(=O)N2CCC(NCc3ccc(F)cc3)(C(N)=O)CC2)sc(-c2ccc(Cl)cc2Cl)c1-c1ccc(Cl)cc1. The standard InChI is InChI=1S/C33H32Cl3FN4O3S/c34-22-6-4-21(5-7-22)27-28(44-17-1-14-38)30(45-29(27)25-11-8-23(35)18-26(25)36)31(42)41-15-12-33(13-16-41,32(39)43)40-19-20-2-9-24(37)10-3-20/h2-11,18,40H,1,12-17,19,38H2,(H2,39,43). The van der Waals surface area contributed by atoms with E-state index in [1.165, 1.54) is 23.5 Å². The van der Waals surface area contributed by atoms with Gasteiger partial charge in [0.1, 0.15) is 16.2 Å². The molecule has 5 rings (SSSR count). The first-order valence-corrected chi connectivity index (χ1v) is 16.4. The normalized spacial score (nSPS) is 14.4. The highest BCUT2D eigenvalue weighted by Gasteiger charge is 2.41. The van der Waals surface area contributed by atoms with Gasteiger partial charge in [-0.15, -0.1) is 11.3 Å². The second kappa shape index (κ2) is 14.5. The Morgan fingerprint density at radius 3 is 2.27 bits per heavy atom. The number of ether oxygens (including phenoxy) is 1. The van der Waals surface area contributed by atoms with E-state index in [4.69, 9.17) is 51.0 Å². The molecule has 1 fully saturated rings. The van der Waals surface area contributed by atoms with E-state index in [1.807, 2.05) is 18.2 Å². The lowest BCUT2D eigenvalue weighted by atomic mass is 9.86. The van der Waals surface area contributed by atoms with E-state index in [0.29, 0.717) is 75.8 Å². The first kappa shape index (κ1) is 33.2. The number of benzene rings is 3. The van der Waals surface area contributed by atoms with Gasteiger partial charge in [0.2, 0.25) is 5.91 Å². The van der Waals surface area contributed by atoms with Gasteiger partial charge in [-0.2, -0.15) is 0 Å². The molecule has 7 nitrogen and oxygen atoms in total. The average Bonchev–Trinajstić information content (AvgIpc) is 3.40. The van der Waals surface area contributed by atoms with Crippen LogP contribution in [0.2, 0.25) is 15.1 Å². The third-order valence-electron chi connectivity index (χ3n) is 7.88. The van der Waals surface area contributed by atoms with Gasteiger partial charge in [0.05, 0.1) is 11.6 Å². The van der Waals surface area contributed by atoms with E-state index in [2.05, 4.69) is 5.32 Å². The molecule has 1 aromatic heterocycles. The summed E-state index contributed by atoms with van der Waals surface area (Å²) in [7, 11) is 0. The van der Waals surface area contributed by atoms with Crippen molar-refractivity contribution in [2.24, 2.45) is 11.5 Å². The van der Waals surface area contributed by atoms with Crippen molar-refractivity contribution in [3.63, 3.8) is 0 Å². The number of carbonyl (C=O) groups is 2. The minimum atomic E-state index is -1.02. The molecule has 0 aliphatic carbocycles. The van der Waals surface area contributed by atoms with Crippen LogP contribution in [0.3, 0.4) is 0 Å². The van der Waals surface area contributed by atoms with Crippen LogP contribution in [-0.4, -0.2) is 48.5 Å². The minimum absolute atomic E-state index is 0.231. The number of thiophene rings is 1. The number of halogens is 4. The predicted octanol–water partition coefficient (Wildman–Crippen LogP) is 7.16. The topological polar surface area (TPSA) is 111 Å². The molecule has 45 heavy (non-hydrogen) atoms. The van der Waals surface area contributed by atoms with Crippen molar-refractivity contribution in [2.75, 3.05) is 26.2 Å². The van der Waals surface area contributed by atoms with Crippen molar-refractivity contribution in [3.8, 4) is 27.3 Å². The number of rotatable bonds is 11. The first-order chi connectivity index (χ1) is 21.6. The number of nitrogens with one attached hydrogen (secondary N) is 1. The maximum Gasteiger partial charge on any atom is 0.267 e. The number of nitrogens with two attached hydrogens (primary N) is 2. The second-order valence-electron chi connectivity index (χ2n) is 10.8. The van der Waals surface area contributed by atoms with E-state index in [-0.39, 0.29) is 24.8 Å². The number of primary amides is 1. The molecule has 0 atom stereocenters. The predicted molar refractivity (Wildman–Crippen MR) is 180 cm³/mol. The number of hydrogen-bond acceptors (Lipinski definition) is 6. The smallest absolute Gasteiger partial charge is 0.267 e. The maximum absolute atomic E-state index is 14.3. The van der Waals surface area contributed by atoms with E-state index in [0.717, 1.165) is 16.0 Å². The van der Waals surface area contributed by atoms with Gasteiger partial charge in [-0.05, 0) is 73.3 Å². The third kappa shape index (κ3) is 7.46. The number of amides is 2. The molecule has 0 radical (unpaired) electrons. The van der Waals surface area contributed by atoms with Gasteiger partial charge in [-0.25, -0.2) is 4.39 Å². The van der Waals surface area contributed by atoms with Crippen LogP contribution in [0.15, 0.2) is 66.7 Å². The molecule has 4 aromatic rings. The van der Waals surface area contributed by atoms with Gasteiger partial charge in [-0.1, -0.05) is 65.1 Å². The average molecular weight is 690 g/mol. The molecule has 2 heterocycles. The molecule has 1 aliphatic heterocycles. The van der Waals surface area contributed by atoms with E-state index in [1.54, 1.807) is 41.3 Å². The highest BCUT2D eigenvalue weighted by Crippen LogP contribution is 2.50. The summed E-state index contributed by atoms with van der Waals surface area (Å²) in [6.45, 7) is 1.62. The van der Waals surface area contributed by atoms with Crippen LogP contribution in [-0.2, 0) is 11.3 Å². The van der Waals surface area contributed by atoms with Crippen LogP contribution in [0.4, 0.5) is 4.39 Å². The molecule has 0 saturated carbocycles. The molecular formula is C33H32Cl3FN4O3S. The molecule has 0 unspecified atom stereocenters. The molecule has 236 valence electrons. The molecule has 0 spiro atoms. The fraction of sp³-hybridized carbons (Fsp3) is 0.273. The Labute approximate surface area is 280 Å². The van der Waals surface area contributed by atoms with Crippen LogP contribution in [0.1, 0.15) is 34.5 Å². The van der Waals surface area contributed by atoms with Crippen LogP contribution < -0.4 is 21.5 Å². The van der Waals surface area contributed by atoms with Crippen LogP contribution in [0.25, 0.3) is 21.6 Å². The Morgan fingerprint density at radius 2 is 1.64 bits per heavy atom. The zero-order valence-electron chi connectivity index (χ0n) is 24.3. The summed E-state index contributed by atoms with van der Waals surface area (Å²) >= 11 is 20.4. The van der Waals surface area contributed by atoms with Crippen molar-refractivity contribution in [1.29, 1.82) is 0 Å². The van der Waals surface area contributed by atoms with Gasteiger partial charge in [0.25, 0.3) is 5.91 Å². The Bertz CT molecular complexity index is 1670. The van der Waals surface area contributed by atoms with Crippen molar-refractivity contribution >= 4 is 58.0 Å². The van der Waals surface area contributed by atoms with Crippen molar-refractivity contribution in [3.05, 3.63) is 98.1 Å². The largest absolute Gasteiger partial charge is 0.491 e. The maximum atomic E-state index is 14.3. The summed E-state index contributed by atoms with van der Waals surface area (Å²) in [6, 6.07) is 18.6. The molecule has 3 aromatic carbocycles. The summed E-state index contributed by atoms with van der Waals surface area (Å²) in [5, 5.41) is 4.77. The molecule has 1 aliphatic rings. The van der Waals surface area contributed by atoms with E-state index in [9.17, 15) is 14.0 Å². The quantitative estimate of drug-likeness (QED) is 0.145. The minimum Gasteiger partial charge on any atom is -0.491 e. The van der Waals surface area contributed by atoms with Gasteiger partial charge in [-0.3, -0.25) is 14.9 Å². The lowest BCUT2D eigenvalue weighted by molar-refractivity contribution is -0.126. The highest BCUT2D eigenvalue weighted by atomic mass is 35.5. The fourth-order valence-electron chi connectivity index (χ4n) is 5.31. The monoisotopic (exact) mass is 688 g/mol. The Morgan fingerprint density at radius 1 is 0.978 bits per heavy atom. The number of nitrogens with zero attached hydrogens (tertiary/aromatic N) is 1. The van der Waals surface area contributed by atoms with Gasteiger partial charge >= 0.3 is 0 Å². The Balaban J connectivity index is 1.49. The van der Waals surface area contributed by atoms with Crippen molar-refractivity contribution in [1.82, 2.24) is 10.2 Å². The molecule has 0 bridgehead atoms. The highest BCUT2D eigenvalue weighted by molar-refractivity contribution is 7.18. The summed E-state index contributed by atoms with van der Waals surface area (Å²) in [5.41, 5.74) is 13.7. The lowest BCUT2D eigenvalue weighted by Gasteiger charge is -2.40. The number of carbonyl (C=O) groups excluding carboxylic acids is 2. The number of piperidine rings is 1. The first-order valence-electron chi connectivity index (χ1n) is 14.4. The zero-order chi connectivity index (χ0) is 32.1. The molecular weight excluding hydrogens is 658 g/mol. The molecule has 2 amide bonds. The van der Waals surface area contributed by atoms with Crippen LogP contribution >= 0.6 is 46.1 Å². The lowest BCUT2D eigenvalue weighted by Crippen LogP contribution is -2.61. The molecule has 12 heteroatoms. The molecule has 5 N–H and O–H groups in total. The Hall–Kier alpha value is -3.18. The summed E-state index contributed by atoms with van der Waals surface area (Å²) in [4.78, 5) is 29.8. The zero-order valence-corrected chi connectivity index (χ0v) is 27.3. The Kier molecular flexibility index (Phi) is 10.7.